The first-order valence-electron chi connectivity index (χ1n) is 13.7. The Kier molecular flexibility index (Phi) is 6.32. The average Bonchev–Trinajstić information content (AvgIpc) is 3.03. The standard InChI is InChI=1S/C38H26F2O2/c1-41-36-24-26-7-3-2-6-25(26)22-28(36)10-11-29-23-27-8-4-5-9-34(27)35-20-21-38(42-37(29)35,30-12-16-32(39)17-13-30)31-14-18-33(40)19-15-31/h2-24H,1H3. The Labute approximate surface area is 242 Å². The molecule has 6 aromatic rings. The van der Waals surface area contributed by atoms with E-state index in [1.54, 1.807) is 31.4 Å². The van der Waals surface area contributed by atoms with Gasteiger partial charge in [-0.15, -0.1) is 0 Å². The number of benzene rings is 6. The predicted octanol–water partition coefficient (Wildman–Crippen LogP) is 9.80. The van der Waals surface area contributed by atoms with Crippen molar-refractivity contribution in [1.29, 1.82) is 0 Å². The van der Waals surface area contributed by atoms with E-state index in [9.17, 15) is 8.78 Å². The molecule has 42 heavy (non-hydrogen) atoms. The third-order valence-electron chi connectivity index (χ3n) is 7.90. The summed E-state index contributed by atoms with van der Waals surface area (Å²) < 4.78 is 40.8. The number of methoxy groups -OCH3 is 1. The average molecular weight is 553 g/mol. The molecule has 2 nitrogen and oxygen atoms in total. The SMILES string of the molecule is COc1cc2ccccc2cc1C=Cc1cc2ccccc2c2c1OC(c1ccc(F)cc1)(c1ccc(F)cc1)C=C2. The van der Waals surface area contributed by atoms with Crippen molar-refractivity contribution in [3.8, 4) is 11.5 Å². The van der Waals surface area contributed by atoms with Gasteiger partial charge in [-0.2, -0.15) is 0 Å². The van der Waals surface area contributed by atoms with Gasteiger partial charge in [0, 0.05) is 27.8 Å². The second-order valence-electron chi connectivity index (χ2n) is 10.4. The first-order valence-corrected chi connectivity index (χ1v) is 13.7. The summed E-state index contributed by atoms with van der Waals surface area (Å²) in [5.41, 5.74) is 3.12. The molecular formula is C38H26F2O2. The van der Waals surface area contributed by atoms with Crippen molar-refractivity contribution >= 4 is 39.8 Å². The topological polar surface area (TPSA) is 18.5 Å². The summed E-state index contributed by atoms with van der Waals surface area (Å²) >= 11 is 0. The maximum absolute atomic E-state index is 14.0. The van der Waals surface area contributed by atoms with Crippen LogP contribution in [0.5, 0.6) is 11.5 Å². The number of hydrogen-bond acceptors (Lipinski definition) is 2. The van der Waals surface area contributed by atoms with Gasteiger partial charge in [-0.25, -0.2) is 8.78 Å². The van der Waals surface area contributed by atoms with E-state index in [0.717, 1.165) is 55.1 Å². The van der Waals surface area contributed by atoms with Crippen LogP contribution in [0, 0.1) is 11.6 Å². The number of halogens is 2. The zero-order chi connectivity index (χ0) is 28.7. The van der Waals surface area contributed by atoms with Crippen molar-refractivity contribution < 1.29 is 18.3 Å². The summed E-state index contributed by atoms with van der Waals surface area (Å²) in [5.74, 6) is 0.771. The van der Waals surface area contributed by atoms with Gasteiger partial charge in [0.05, 0.1) is 7.11 Å². The minimum absolute atomic E-state index is 0.341. The lowest BCUT2D eigenvalue weighted by Gasteiger charge is -2.37. The maximum atomic E-state index is 14.0. The molecule has 1 aliphatic rings. The zero-order valence-corrected chi connectivity index (χ0v) is 22.9. The fourth-order valence-corrected chi connectivity index (χ4v) is 5.77. The Morgan fingerprint density at radius 2 is 1.19 bits per heavy atom. The Morgan fingerprint density at radius 3 is 1.83 bits per heavy atom. The molecule has 0 amide bonds. The van der Waals surface area contributed by atoms with E-state index in [4.69, 9.17) is 9.47 Å². The van der Waals surface area contributed by atoms with Gasteiger partial charge in [0.15, 0.2) is 5.60 Å². The molecule has 6 aromatic carbocycles. The Hall–Kier alpha value is -5.22. The van der Waals surface area contributed by atoms with Gasteiger partial charge in [0.25, 0.3) is 0 Å². The van der Waals surface area contributed by atoms with E-state index in [1.807, 2.05) is 48.6 Å². The van der Waals surface area contributed by atoms with E-state index >= 15 is 0 Å². The summed E-state index contributed by atoms with van der Waals surface area (Å²) in [5, 5.41) is 4.34. The highest BCUT2D eigenvalue weighted by molar-refractivity contribution is 5.98. The third-order valence-corrected chi connectivity index (χ3v) is 7.90. The van der Waals surface area contributed by atoms with Crippen molar-refractivity contribution in [2.45, 2.75) is 5.60 Å². The highest BCUT2D eigenvalue weighted by Crippen LogP contribution is 2.46. The second-order valence-corrected chi connectivity index (χ2v) is 10.4. The van der Waals surface area contributed by atoms with Crippen LogP contribution in [0.1, 0.15) is 27.8 Å². The molecule has 0 bridgehead atoms. The summed E-state index contributed by atoms with van der Waals surface area (Å²) in [4.78, 5) is 0. The van der Waals surface area contributed by atoms with E-state index in [1.165, 1.54) is 24.3 Å². The molecule has 0 spiro atoms. The fourth-order valence-electron chi connectivity index (χ4n) is 5.77. The molecule has 7 rings (SSSR count). The van der Waals surface area contributed by atoms with Gasteiger partial charge >= 0.3 is 0 Å². The quantitative estimate of drug-likeness (QED) is 0.198. The summed E-state index contributed by atoms with van der Waals surface area (Å²) in [7, 11) is 1.67. The van der Waals surface area contributed by atoms with Crippen LogP contribution in [0.15, 0.2) is 121 Å². The van der Waals surface area contributed by atoms with Gasteiger partial charge in [-0.3, -0.25) is 0 Å². The molecule has 0 radical (unpaired) electrons. The van der Waals surface area contributed by atoms with Crippen LogP contribution in [0.25, 0.3) is 39.8 Å². The lowest BCUT2D eigenvalue weighted by atomic mass is 9.82. The van der Waals surface area contributed by atoms with Crippen LogP contribution in [0.3, 0.4) is 0 Å². The van der Waals surface area contributed by atoms with E-state index in [0.29, 0.717) is 5.75 Å². The molecular weight excluding hydrogens is 526 g/mol. The van der Waals surface area contributed by atoms with Crippen LogP contribution in [0.2, 0.25) is 0 Å². The Morgan fingerprint density at radius 1 is 0.643 bits per heavy atom. The lowest BCUT2D eigenvalue weighted by Crippen LogP contribution is -2.34. The van der Waals surface area contributed by atoms with Gasteiger partial charge in [0.1, 0.15) is 23.1 Å². The Bertz CT molecular complexity index is 1960. The number of ether oxygens (including phenoxy) is 2. The highest BCUT2D eigenvalue weighted by atomic mass is 19.1. The molecule has 1 aliphatic heterocycles. The first kappa shape index (κ1) is 25.7. The normalized spacial score (nSPS) is 13.8. The molecule has 0 saturated heterocycles. The highest BCUT2D eigenvalue weighted by Gasteiger charge is 2.38. The monoisotopic (exact) mass is 552 g/mol. The first-order chi connectivity index (χ1) is 20.5. The van der Waals surface area contributed by atoms with Crippen molar-refractivity contribution in [3.63, 3.8) is 0 Å². The lowest BCUT2D eigenvalue weighted by molar-refractivity contribution is 0.161. The zero-order valence-electron chi connectivity index (χ0n) is 22.9. The molecule has 0 atom stereocenters. The number of rotatable bonds is 5. The fraction of sp³-hybridized carbons (Fsp3) is 0.0526. The molecule has 0 aromatic heterocycles. The molecule has 1 heterocycles. The van der Waals surface area contributed by atoms with Crippen molar-refractivity contribution in [1.82, 2.24) is 0 Å². The van der Waals surface area contributed by atoms with Crippen molar-refractivity contribution in [2.75, 3.05) is 7.11 Å². The van der Waals surface area contributed by atoms with Crippen LogP contribution in [0.4, 0.5) is 8.78 Å². The molecule has 0 N–H and O–H groups in total. The van der Waals surface area contributed by atoms with Gasteiger partial charge in [0.2, 0.25) is 0 Å². The molecule has 0 aliphatic carbocycles. The van der Waals surface area contributed by atoms with E-state index in [2.05, 4.69) is 42.5 Å². The van der Waals surface area contributed by atoms with Gasteiger partial charge in [-0.1, -0.05) is 84.9 Å². The van der Waals surface area contributed by atoms with E-state index < -0.39 is 5.60 Å². The Balaban J connectivity index is 1.43. The van der Waals surface area contributed by atoms with Crippen LogP contribution >= 0.6 is 0 Å². The molecule has 4 heteroatoms. The molecule has 204 valence electrons. The van der Waals surface area contributed by atoms with Gasteiger partial charge < -0.3 is 9.47 Å². The smallest absolute Gasteiger partial charge is 0.178 e. The summed E-state index contributed by atoms with van der Waals surface area (Å²) in [6, 6.07) is 35.1. The van der Waals surface area contributed by atoms with E-state index in [-0.39, 0.29) is 11.6 Å². The molecule has 0 fully saturated rings. The molecule has 0 saturated carbocycles. The summed E-state index contributed by atoms with van der Waals surface area (Å²) in [6.45, 7) is 0. The van der Waals surface area contributed by atoms with Crippen LogP contribution in [-0.4, -0.2) is 7.11 Å². The van der Waals surface area contributed by atoms with Crippen molar-refractivity contribution in [2.24, 2.45) is 0 Å². The van der Waals surface area contributed by atoms with Gasteiger partial charge in [-0.05, 0) is 76.2 Å². The predicted molar refractivity (Wildman–Crippen MR) is 167 cm³/mol. The molecule has 0 unspecified atom stereocenters. The third kappa shape index (κ3) is 4.42. The number of fused-ring (bicyclic) bond motifs is 4. The minimum atomic E-state index is -1.10. The van der Waals surface area contributed by atoms with Crippen molar-refractivity contribution in [3.05, 3.63) is 161 Å². The second kappa shape index (κ2) is 10.3. The number of hydrogen-bond donors (Lipinski definition) is 0. The van der Waals surface area contributed by atoms with Crippen LogP contribution in [-0.2, 0) is 5.60 Å². The minimum Gasteiger partial charge on any atom is -0.496 e. The summed E-state index contributed by atoms with van der Waals surface area (Å²) in [6.07, 6.45) is 8.11. The largest absolute Gasteiger partial charge is 0.496 e. The maximum Gasteiger partial charge on any atom is 0.178 e. The van der Waals surface area contributed by atoms with Crippen LogP contribution < -0.4 is 9.47 Å².